The molecule has 2 nitrogen and oxygen atoms in total. The summed E-state index contributed by atoms with van der Waals surface area (Å²) in [6, 6.07) is 0. The minimum atomic E-state index is 0.295. The van der Waals surface area contributed by atoms with E-state index in [4.69, 9.17) is 4.74 Å². The lowest BCUT2D eigenvalue weighted by atomic mass is 9.89. The number of hydrogen-bond donors (Lipinski definition) is 1. The number of fused-ring (bicyclic) bond motifs is 2. The Labute approximate surface area is 67.3 Å². The van der Waals surface area contributed by atoms with Gasteiger partial charge in [-0.2, -0.15) is 0 Å². The number of nitrogens with one attached hydrogen (secondary N) is 1. The molecular weight excluding hydrogens is 138 g/mol. The van der Waals surface area contributed by atoms with Gasteiger partial charge in [-0.15, -0.1) is 0 Å². The summed E-state index contributed by atoms with van der Waals surface area (Å²) >= 11 is 0. The van der Waals surface area contributed by atoms with Gasteiger partial charge >= 0.3 is 0 Å². The number of rotatable bonds is 0. The minimum Gasteiger partial charge on any atom is -0.373 e. The number of ether oxygens (including phenoxy) is 1. The topological polar surface area (TPSA) is 21.3 Å². The van der Waals surface area contributed by atoms with E-state index in [-0.39, 0.29) is 0 Å². The van der Waals surface area contributed by atoms with E-state index in [0.29, 0.717) is 5.60 Å². The highest BCUT2D eigenvalue weighted by atomic mass is 16.5. The summed E-state index contributed by atoms with van der Waals surface area (Å²) in [5.41, 5.74) is 0.295. The van der Waals surface area contributed by atoms with Gasteiger partial charge in [0.1, 0.15) is 0 Å². The van der Waals surface area contributed by atoms with E-state index in [1.54, 1.807) is 0 Å². The maximum Gasteiger partial charge on any atom is 0.0838 e. The fourth-order valence-electron chi connectivity index (χ4n) is 2.80. The molecule has 0 bridgehead atoms. The van der Waals surface area contributed by atoms with Crippen molar-refractivity contribution < 1.29 is 4.74 Å². The fourth-order valence-corrected chi connectivity index (χ4v) is 2.80. The van der Waals surface area contributed by atoms with Gasteiger partial charge in [0.25, 0.3) is 0 Å². The zero-order valence-electron chi connectivity index (χ0n) is 6.81. The predicted octanol–water partition coefficient (Wildman–Crippen LogP) is 0.775. The molecule has 11 heavy (non-hydrogen) atoms. The Morgan fingerprint density at radius 3 is 3.00 bits per heavy atom. The Kier molecular flexibility index (Phi) is 1.16. The molecule has 2 heterocycles. The first-order valence-electron chi connectivity index (χ1n) is 4.75. The lowest BCUT2D eigenvalue weighted by Gasteiger charge is -2.35. The average molecular weight is 153 g/mol. The summed E-state index contributed by atoms with van der Waals surface area (Å²) < 4.78 is 5.88. The zero-order chi connectivity index (χ0) is 7.31. The van der Waals surface area contributed by atoms with E-state index in [0.717, 1.165) is 25.0 Å². The third-order valence-electron chi connectivity index (χ3n) is 3.56. The molecule has 1 saturated carbocycles. The van der Waals surface area contributed by atoms with Gasteiger partial charge in [-0.05, 0) is 37.6 Å². The first-order chi connectivity index (χ1) is 5.41. The molecule has 1 N–H and O–H groups in total. The SMILES string of the molecule is C1CNC[C@]2(C1)OC[C@H]1CC12. The van der Waals surface area contributed by atoms with Crippen molar-refractivity contribution in [1.29, 1.82) is 0 Å². The van der Waals surface area contributed by atoms with Crippen molar-refractivity contribution in [3.8, 4) is 0 Å². The van der Waals surface area contributed by atoms with Crippen LogP contribution < -0.4 is 5.32 Å². The van der Waals surface area contributed by atoms with Gasteiger partial charge in [0.2, 0.25) is 0 Å². The van der Waals surface area contributed by atoms with Crippen LogP contribution in [0.25, 0.3) is 0 Å². The van der Waals surface area contributed by atoms with Gasteiger partial charge in [-0.25, -0.2) is 0 Å². The van der Waals surface area contributed by atoms with Crippen LogP contribution in [0.1, 0.15) is 19.3 Å². The third-order valence-corrected chi connectivity index (χ3v) is 3.56. The van der Waals surface area contributed by atoms with Gasteiger partial charge < -0.3 is 10.1 Å². The molecule has 1 spiro atoms. The molecule has 0 aromatic rings. The molecule has 0 aromatic carbocycles. The lowest BCUT2D eigenvalue weighted by molar-refractivity contribution is -0.0406. The molecule has 3 fully saturated rings. The van der Waals surface area contributed by atoms with Crippen LogP contribution in [-0.2, 0) is 4.74 Å². The summed E-state index contributed by atoms with van der Waals surface area (Å²) in [6.45, 7) is 3.36. The molecule has 2 heteroatoms. The van der Waals surface area contributed by atoms with Crippen LogP contribution in [0, 0.1) is 11.8 Å². The van der Waals surface area contributed by atoms with E-state index < -0.39 is 0 Å². The van der Waals surface area contributed by atoms with E-state index in [2.05, 4.69) is 5.32 Å². The molecule has 0 amide bonds. The largest absolute Gasteiger partial charge is 0.373 e. The summed E-state index contributed by atoms with van der Waals surface area (Å²) in [6.07, 6.45) is 4.06. The first-order valence-corrected chi connectivity index (χ1v) is 4.75. The minimum absolute atomic E-state index is 0.295. The van der Waals surface area contributed by atoms with Gasteiger partial charge in [-0.1, -0.05) is 0 Å². The van der Waals surface area contributed by atoms with Crippen LogP contribution >= 0.6 is 0 Å². The molecule has 2 aliphatic heterocycles. The summed E-state index contributed by atoms with van der Waals surface area (Å²) in [4.78, 5) is 0. The first kappa shape index (κ1) is 6.44. The molecule has 3 rings (SSSR count). The van der Waals surface area contributed by atoms with Crippen LogP contribution in [0.2, 0.25) is 0 Å². The Morgan fingerprint density at radius 2 is 2.45 bits per heavy atom. The second kappa shape index (κ2) is 1.99. The summed E-state index contributed by atoms with van der Waals surface area (Å²) in [5.74, 6) is 1.87. The zero-order valence-corrected chi connectivity index (χ0v) is 6.81. The summed E-state index contributed by atoms with van der Waals surface area (Å²) in [5, 5.41) is 3.45. The maximum absolute atomic E-state index is 5.88. The maximum atomic E-state index is 5.88. The molecule has 0 aromatic heterocycles. The standard InChI is InChI=1S/C9H15NO/c1-2-9(6-10-3-1)8-4-7(8)5-11-9/h7-8,10H,1-6H2/t7-,8?,9+/m1/s1. The van der Waals surface area contributed by atoms with Gasteiger partial charge in [-0.3, -0.25) is 0 Å². The van der Waals surface area contributed by atoms with Gasteiger partial charge in [0, 0.05) is 6.54 Å². The van der Waals surface area contributed by atoms with E-state index in [1.165, 1.54) is 25.8 Å². The normalized spacial score (nSPS) is 54.5. The second-order valence-electron chi connectivity index (χ2n) is 4.26. The van der Waals surface area contributed by atoms with Crippen LogP contribution in [0.4, 0.5) is 0 Å². The van der Waals surface area contributed by atoms with Crippen LogP contribution in [0.3, 0.4) is 0 Å². The van der Waals surface area contributed by atoms with Crippen molar-refractivity contribution >= 4 is 0 Å². The molecule has 3 aliphatic rings. The van der Waals surface area contributed by atoms with Crippen LogP contribution in [-0.4, -0.2) is 25.3 Å². The number of hydrogen-bond acceptors (Lipinski definition) is 2. The molecular formula is C9H15NO. The van der Waals surface area contributed by atoms with E-state index in [1.807, 2.05) is 0 Å². The Hall–Kier alpha value is -0.0800. The number of piperidine rings is 1. The van der Waals surface area contributed by atoms with Crippen molar-refractivity contribution in [2.45, 2.75) is 24.9 Å². The third kappa shape index (κ3) is 0.798. The lowest BCUT2D eigenvalue weighted by Crippen LogP contribution is -2.47. The highest BCUT2D eigenvalue weighted by molar-refractivity contribution is 5.09. The molecule has 3 atom stereocenters. The molecule has 1 unspecified atom stereocenters. The second-order valence-corrected chi connectivity index (χ2v) is 4.26. The van der Waals surface area contributed by atoms with Gasteiger partial charge in [0.15, 0.2) is 0 Å². The molecule has 1 aliphatic carbocycles. The van der Waals surface area contributed by atoms with Crippen molar-refractivity contribution in [3.05, 3.63) is 0 Å². The van der Waals surface area contributed by atoms with Crippen LogP contribution in [0.15, 0.2) is 0 Å². The van der Waals surface area contributed by atoms with Crippen LogP contribution in [0.5, 0.6) is 0 Å². The predicted molar refractivity (Wildman–Crippen MR) is 42.4 cm³/mol. The van der Waals surface area contributed by atoms with Crippen molar-refractivity contribution in [2.75, 3.05) is 19.7 Å². The Morgan fingerprint density at radius 1 is 1.45 bits per heavy atom. The van der Waals surface area contributed by atoms with E-state index in [9.17, 15) is 0 Å². The molecule has 2 saturated heterocycles. The molecule has 0 radical (unpaired) electrons. The molecule has 62 valence electrons. The van der Waals surface area contributed by atoms with Crippen molar-refractivity contribution in [1.82, 2.24) is 5.32 Å². The van der Waals surface area contributed by atoms with E-state index >= 15 is 0 Å². The highest BCUT2D eigenvalue weighted by Gasteiger charge is 2.59. The summed E-state index contributed by atoms with van der Waals surface area (Å²) in [7, 11) is 0. The van der Waals surface area contributed by atoms with Crippen molar-refractivity contribution in [3.63, 3.8) is 0 Å². The fraction of sp³-hybridized carbons (Fsp3) is 1.00. The average Bonchev–Trinajstić information content (AvgIpc) is 2.77. The van der Waals surface area contributed by atoms with Gasteiger partial charge in [0.05, 0.1) is 12.2 Å². The van der Waals surface area contributed by atoms with Crippen molar-refractivity contribution in [2.24, 2.45) is 11.8 Å². The quantitative estimate of drug-likeness (QED) is 0.555. The Bertz CT molecular complexity index is 174. The Balaban J connectivity index is 1.81. The smallest absolute Gasteiger partial charge is 0.0838 e. The monoisotopic (exact) mass is 153 g/mol. The highest BCUT2D eigenvalue weighted by Crippen LogP contribution is 2.56.